The summed E-state index contributed by atoms with van der Waals surface area (Å²) in [5, 5.41) is 0.215. The second kappa shape index (κ2) is 7.25. The number of halogens is 1. The number of hydrogen-bond acceptors (Lipinski definition) is 3. The van der Waals surface area contributed by atoms with Crippen LogP contribution in [0.2, 0.25) is 0 Å². The van der Waals surface area contributed by atoms with Gasteiger partial charge in [-0.3, -0.25) is 9.59 Å². The molecule has 26 heavy (non-hydrogen) atoms. The lowest BCUT2D eigenvalue weighted by molar-refractivity contribution is -0.167. The fourth-order valence-electron chi connectivity index (χ4n) is 4.56. The lowest BCUT2D eigenvalue weighted by Gasteiger charge is -2.49. The first-order valence-corrected chi connectivity index (χ1v) is 9.98. The van der Waals surface area contributed by atoms with E-state index >= 15 is 0 Å². The van der Waals surface area contributed by atoms with Crippen molar-refractivity contribution >= 4 is 29.4 Å². The number of carbonyl (C=O) groups excluding carboxylic acids is 3. The Morgan fingerprint density at radius 3 is 2.46 bits per heavy atom. The minimum absolute atomic E-state index is 0.0300. The number of nitrogens with zero attached hydrogens (tertiary/aromatic N) is 3. The van der Waals surface area contributed by atoms with E-state index in [0.29, 0.717) is 25.4 Å². The minimum Gasteiger partial charge on any atom is -0.351 e. The molecule has 1 aliphatic carbocycles. The van der Waals surface area contributed by atoms with Crippen molar-refractivity contribution in [1.29, 1.82) is 0 Å². The average Bonchev–Trinajstić information content (AvgIpc) is 3.03. The number of rotatable bonds is 3. The largest absolute Gasteiger partial charge is 0.351 e. The Morgan fingerprint density at radius 2 is 1.92 bits per heavy atom. The van der Waals surface area contributed by atoms with Gasteiger partial charge in [-0.05, 0) is 51.9 Å². The van der Waals surface area contributed by atoms with E-state index in [1.807, 2.05) is 13.8 Å². The van der Waals surface area contributed by atoms with Crippen molar-refractivity contribution in [2.45, 2.75) is 62.9 Å². The number of likely N-dealkylation sites (tertiary alicyclic amines) is 1. The number of urea groups is 1. The molecule has 0 aromatic heterocycles. The molecule has 0 radical (unpaired) electrons. The Labute approximate surface area is 159 Å². The van der Waals surface area contributed by atoms with Crippen LogP contribution in [0.4, 0.5) is 4.79 Å². The summed E-state index contributed by atoms with van der Waals surface area (Å²) in [4.78, 5) is 42.9. The van der Waals surface area contributed by atoms with E-state index in [0.717, 1.165) is 25.7 Å². The monoisotopic (exact) mass is 384 g/mol. The highest BCUT2D eigenvalue weighted by molar-refractivity contribution is 6.20. The smallest absolute Gasteiger partial charge is 0.314 e. The molecule has 3 aliphatic rings. The van der Waals surface area contributed by atoms with E-state index in [9.17, 15) is 14.4 Å². The second-order valence-corrected chi connectivity index (χ2v) is 8.81. The van der Waals surface area contributed by atoms with E-state index in [2.05, 4.69) is 0 Å². The zero-order chi connectivity index (χ0) is 19.1. The first-order chi connectivity index (χ1) is 12.2. The van der Waals surface area contributed by atoms with Crippen LogP contribution in [0.15, 0.2) is 0 Å². The Hall–Kier alpha value is -1.50. The van der Waals surface area contributed by atoms with Crippen LogP contribution < -0.4 is 5.73 Å². The van der Waals surface area contributed by atoms with Crippen LogP contribution in [0.3, 0.4) is 0 Å². The van der Waals surface area contributed by atoms with Crippen LogP contribution in [0.25, 0.3) is 0 Å². The molecule has 1 unspecified atom stereocenters. The van der Waals surface area contributed by atoms with Crippen LogP contribution >= 0.6 is 11.6 Å². The molecule has 1 atom stereocenters. The van der Waals surface area contributed by atoms with E-state index in [-0.39, 0.29) is 36.3 Å². The molecule has 7 nitrogen and oxygen atoms in total. The number of amides is 4. The van der Waals surface area contributed by atoms with Gasteiger partial charge in [0.1, 0.15) is 12.1 Å². The molecule has 4 amide bonds. The number of nitrogens with two attached hydrogens (primary N) is 1. The molecule has 3 fully saturated rings. The zero-order valence-corrected chi connectivity index (χ0v) is 16.4. The molecule has 8 heteroatoms. The fourth-order valence-corrected chi connectivity index (χ4v) is 4.81. The number of piperazine rings is 1. The van der Waals surface area contributed by atoms with Gasteiger partial charge in [0.05, 0.1) is 6.54 Å². The molecule has 1 saturated carbocycles. The molecule has 2 saturated heterocycles. The SMILES string of the molecule is CC(C)N1CC(=O)N(CC2CCC(Cl)CC2)C2(CCN(C(N)=O)C2)C1=O. The van der Waals surface area contributed by atoms with Crippen molar-refractivity contribution in [2.24, 2.45) is 11.7 Å². The molecule has 2 heterocycles. The van der Waals surface area contributed by atoms with Crippen molar-refractivity contribution in [3.63, 3.8) is 0 Å². The number of primary amides is 1. The van der Waals surface area contributed by atoms with Crippen LogP contribution in [-0.4, -0.2) is 75.7 Å². The van der Waals surface area contributed by atoms with Gasteiger partial charge in [-0.25, -0.2) is 4.79 Å². The number of carbonyl (C=O) groups is 3. The Kier molecular flexibility index (Phi) is 5.37. The van der Waals surface area contributed by atoms with Crippen LogP contribution in [0.1, 0.15) is 46.0 Å². The van der Waals surface area contributed by atoms with Gasteiger partial charge in [-0.2, -0.15) is 0 Å². The highest BCUT2D eigenvalue weighted by atomic mass is 35.5. The van der Waals surface area contributed by atoms with Crippen molar-refractivity contribution in [2.75, 3.05) is 26.2 Å². The highest BCUT2D eigenvalue weighted by Crippen LogP contribution is 2.37. The van der Waals surface area contributed by atoms with Gasteiger partial charge in [0.25, 0.3) is 5.91 Å². The fraction of sp³-hybridized carbons (Fsp3) is 0.833. The summed E-state index contributed by atoms with van der Waals surface area (Å²) >= 11 is 6.21. The molecular formula is C18H29ClN4O3. The van der Waals surface area contributed by atoms with Crippen molar-refractivity contribution in [1.82, 2.24) is 14.7 Å². The molecule has 2 aliphatic heterocycles. The molecule has 2 N–H and O–H groups in total. The van der Waals surface area contributed by atoms with E-state index in [1.165, 1.54) is 4.90 Å². The van der Waals surface area contributed by atoms with Gasteiger partial charge < -0.3 is 20.4 Å². The Balaban J connectivity index is 1.86. The lowest BCUT2D eigenvalue weighted by Crippen LogP contribution is -2.70. The Bertz CT molecular complexity index is 591. The summed E-state index contributed by atoms with van der Waals surface area (Å²) in [6.07, 6.45) is 4.28. The van der Waals surface area contributed by atoms with Crippen LogP contribution in [0.5, 0.6) is 0 Å². The molecule has 1 spiro atoms. The maximum absolute atomic E-state index is 13.3. The Morgan fingerprint density at radius 1 is 1.27 bits per heavy atom. The molecule has 0 bridgehead atoms. The number of alkyl halides is 1. The van der Waals surface area contributed by atoms with Gasteiger partial charge >= 0.3 is 6.03 Å². The standard InChI is InChI=1S/C18H29ClN4O3/c1-12(2)22-10-15(24)23(9-13-3-5-14(19)6-4-13)18(16(22)25)7-8-21(11-18)17(20)26/h12-14H,3-11H2,1-2H3,(H2,20,26). The lowest BCUT2D eigenvalue weighted by atomic mass is 9.84. The highest BCUT2D eigenvalue weighted by Gasteiger charge is 2.57. The average molecular weight is 385 g/mol. The van der Waals surface area contributed by atoms with E-state index in [1.54, 1.807) is 9.80 Å². The molecule has 146 valence electrons. The minimum atomic E-state index is -0.966. The maximum atomic E-state index is 13.3. The normalized spacial score (nSPS) is 32.8. The summed E-state index contributed by atoms with van der Waals surface area (Å²) < 4.78 is 0. The quantitative estimate of drug-likeness (QED) is 0.746. The number of hydrogen-bond donors (Lipinski definition) is 1. The van der Waals surface area contributed by atoms with Gasteiger partial charge in [0, 0.05) is 24.5 Å². The summed E-state index contributed by atoms with van der Waals surface area (Å²) in [7, 11) is 0. The van der Waals surface area contributed by atoms with Gasteiger partial charge in [0.15, 0.2) is 0 Å². The first kappa shape index (κ1) is 19.3. The third-order valence-corrected chi connectivity index (χ3v) is 6.62. The van der Waals surface area contributed by atoms with Gasteiger partial charge in [0.2, 0.25) is 5.91 Å². The summed E-state index contributed by atoms with van der Waals surface area (Å²) in [6, 6.07) is -0.591. The van der Waals surface area contributed by atoms with Crippen molar-refractivity contribution in [3.8, 4) is 0 Å². The van der Waals surface area contributed by atoms with Crippen molar-refractivity contribution in [3.05, 3.63) is 0 Å². The van der Waals surface area contributed by atoms with Gasteiger partial charge in [-0.1, -0.05) is 0 Å². The summed E-state index contributed by atoms with van der Waals surface area (Å²) in [5.74, 6) is 0.270. The third kappa shape index (κ3) is 3.38. The van der Waals surface area contributed by atoms with Crippen LogP contribution in [0, 0.1) is 5.92 Å². The second-order valence-electron chi connectivity index (χ2n) is 8.19. The summed E-state index contributed by atoms with van der Waals surface area (Å²) in [5.41, 5.74) is 4.49. The zero-order valence-electron chi connectivity index (χ0n) is 15.6. The maximum Gasteiger partial charge on any atom is 0.314 e. The summed E-state index contributed by atoms with van der Waals surface area (Å²) in [6.45, 7) is 5.10. The molecule has 3 rings (SSSR count). The van der Waals surface area contributed by atoms with Gasteiger partial charge in [-0.15, -0.1) is 11.6 Å². The molecular weight excluding hydrogens is 356 g/mol. The van der Waals surface area contributed by atoms with Crippen LogP contribution in [-0.2, 0) is 9.59 Å². The predicted octanol–water partition coefficient (Wildman–Crippen LogP) is 1.39. The van der Waals surface area contributed by atoms with E-state index < -0.39 is 11.6 Å². The molecule has 0 aromatic rings. The van der Waals surface area contributed by atoms with E-state index in [4.69, 9.17) is 17.3 Å². The van der Waals surface area contributed by atoms with Crippen molar-refractivity contribution < 1.29 is 14.4 Å². The third-order valence-electron chi connectivity index (χ3n) is 6.18. The topological polar surface area (TPSA) is 86.9 Å². The molecule has 0 aromatic carbocycles. The first-order valence-electron chi connectivity index (χ1n) is 9.54. The predicted molar refractivity (Wildman–Crippen MR) is 98.7 cm³/mol.